The van der Waals surface area contributed by atoms with E-state index in [0.717, 1.165) is 10.5 Å². The number of aryl methyl sites for hydroxylation is 1. The molecule has 0 bridgehead atoms. The fraction of sp³-hybridized carbons (Fsp3) is 0.115. The van der Waals surface area contributed by atoms with Crippen molar-refractivity contribution in [2.24, 2.45) is 0 Å². The number of methoxy groups -OCH3 is 1. The zero-order chi connectivity index (χ0) is 27.6. The third-order valence-electron chi connectivity index (χ3n) is 5.48. The summed E-state index contributed by atoms with van der Waals surface area (Å²) in [5.41, 5.74) is 1.74. The molecule has 1 saturated heterocycles. The van der Waals surface area contributed by atoms with Crippen molar-refractivity contribution >= 4 is 64.1 Å². The van der Waals surface area contributed by atoms with Crippen LogP contribution in [0.2, 0.25) is 5.02 Å². The van der Waals surface area contributed by atoms with Crippen LogP contribution in [0.5, 0.6) is 0 Å². The quantitative estimate of drug-likeness (QED) is 0.302. The van der Waals surface area contributed by atoms with Gasteiger partial charge in [-0.2, -0.15) is 0 Å². The second-order valence-electron chi connectivity index (χ2n) is 8.04. The van der Waals surface area contributed by atoms with Gasteiger partial charge < -0.3 is 19.6 Å². The number of carbonyl (C=O) groups excluding carboxylic acids is 4. The molecule has 0 spiro atoms. The number of carboxylic acids is 1. The van der Waals surface area contributed by atoms with Gasteiger partial charge in [0.2, 0.25) is 5.91 Å². The van der Waals surface area contributed by atoms with Gasteiger partial charge in [-0.05, 0) is 66.7 Å². The number of anilines is 1. The SMILES string of the molecule is COC(=O)c1cc(NC(=O)CN2C(=O)S/C(=C\c3ccc(-c4cc(C(=O)O)ccc4C)o3)C2=O)ccc1Cl. The van der Waals surface area contributed by atoms with Crippen molar-refractivity contribution in [2.75, 3.05) is 19.0 Å². The second-order valence-corrected chi connectivity index (χ2v) is 9.44. The number of ether oxygens (including phenoxy) is 1. The number of nitrogens with zero attached hydrogens (tertiary/aromatic N) is 1. The molecular formula is C26H19ClN2O8S. The average Bonchev–Trinajstić information content (AvgIpc) is 3.44. The first-order valence-corrected chi connectivity index (χ1v) is 12.1. The van der Waals surface area contributed by atoms with E-state index in [1.165, 1.54) is 43.5 Å². The number of rotatable bonds is 7. The van der Waals surface area contributed by atoms with Crippen molar-refractivity contribution in [3.63, 3.8) is 0 Å². The molecule has 2 heterocycles. The van der Waals surface area contributed by atoms with Crippen molar-refractivity contribution in [3.05, 3.63) is 80.9 Å². The van der Waals surface area contributed by atoms with E-state index in [1.807, 2.05) is 0 Å². The lowest BCUT2D eigenvalue weighted by Gasteiger charge is -2.13. The molecule has 1 aliphatic heterocycles. The van der Waals surface area contributed by atoms with Gasteiger partial charge in [0.15, 0.2) is 0 Å². The van der Waals surface area contributed by atoms with Crippen LogP contribution in [0.3, 0.4) is 0 Å². The first kappa shape index (κ1) is 26.7. The first-order valence-electron chi connectivity index (χ1n) is 10.9. The topological polar surface area (TPSA) is 143 Å². The molecule has 0 saturated carbocycles. The van der Waals surface area contributed by atoms with E-state index >= 15 is 0 Å². The fourth-order valence-electron chi connectivity index (χ4n) is 3.57. The Morgan fingerprint density at radius 2 is 1.89 bits per heavy atom. The van der Waals surface area contributed by atoms with Gasteiger partial charge in [-0.25, -0.2) is 9.59 Å². The van der Waals surface area contributed by atoms with Crippen LogP contribution in [0.25, 0.3) is 17.4 Å². The molecule has 0 radical (unpaired) electrons. The van der Waals surface area contributed by atoms with Gasteiger partial charge in [0, 0.05) is 17.3 Å². The Bertz CT molecular complexity index is 1530. The maximum Gasteiger partial charge on any atom is 0.339 e. The Morgan fingerprint density at radius 1 is 1.13 bits per heavy atom. The summed E-state index contributed by atoms with van der Waals surface area (Å²) in [5, 5.41) is 11.3. The first-order chi connectivity index (χ1) is 18.1. The third kappa shape index (κ3) is 5.63. The van der Waals surface area contributed by atoms with Crippen LogP contribution in [0.1, 0.15) is 32.0 Å². The summed E-state index contributed by atoms with van der Waals surface area (Å²) < 4.78 is 10.4. The molecule has 3 amide bonds. The van der Waals surface area contributed by atoms with Gasteiger partial charge in [0.25, 0.3) is 11.1 Å². The molecule has 0 unspecified atom stereocenters. The molecule has 194 valence electrons. The summed E-state index contributed by atoms with van der Waals surface area (Å²) in [6.07, 6.45) is 1.38. The summed E-state index contributed by atoms with van der Waals surface area (Å²) >= 11 is 6.63. The molecule has 2 N–H and O–H groups in total. The molecule has 3 aromatic rings. The third-order valence-corrected chi connectivity index (χ3v) is 6.72. The van der Waals surface area contributed by atoms with Crippen LogP contribution in [-0.2, 0) is 14.3 Å². The van der Waals surface area contributed by atoms with Crippen LogP contribution in [-0.4, -0.2) is 52.7 Å². The summed E-state index contributed by atoms with van der Waals surface area (Å²) in [6.45, 7) is 1.25. The molecule has 4 rings (SSSR count). The predicted molar refractivity (Wildman–Crippen MR) is 140 cm³/mol. The summed E-state index contributed by atoms with van der Waals surface area (Å²) in [6, 6.07) is 12.0. The normalized spacial score (nSPS) is 14.2. The molecule has 0 atom stereocenters. The lowest BCUT2D eigenvalue weighted by Crippen LogP contribution is -2.36. The Balaban J connectivity index is 1.47. The highest BCUT2D eigenvalue weighted by atomic mass is 35.5. The number of benzene rings is 2. The molecular weight excluding hydrogens is 536 g/mol. The van der Waals surface area contributed by atoms with Crippen molar-refractivity contribution in [3.8, 4) is 11.3 Å². The Hall–Kier alpha value is -4.35. The molecule has 0 aliphatic carbocycles. The minimum absolute atomic E-state index is 0.0452. The molecule has 10 nitrogen and oxygen atoms in total. The maximum atomic E-state index is 12.8. The number of furan rings is 1. The molecule has 2 aromatic carbocycles. The number of imide groups is 1. The van der Waals surface area contributed by atoms with E-state index < -0.39 is 35.5 Å². The van der Waals surface area contributed by atoms with Crippen LogP contribution >= 0.6 is 23.4 Å². The molecule has 38 heavy (non-hydrogen) atoms. The fourth-order valence-corrected chi connectivity index (χ4v) is 4.59. The van der Waals surface area contributed by atoms with E-state index in [2.05, 4.69) is 10.1 Å². The van der Waals surface area contributed by atoms with Gasteiger partial charge in [-0.15, -0.1) is 0 Å². The van der Waals surface area contributed by atoms with Gasteiger partial charge in [0.05, 0.1) is 28.2 Å². The molecule has 1 fully saturated rings. The summed E-state index contributed by atoms with van der Waals surface area (Å²) in [4.78, 5) is 61.8. The summed E-state index contributed by atoms with van der Waals surface area (Å²) in [7, 11) is 1.19. The number of hydrogen-bond acceptors (Lipinski definition) is 8. The van der Waals surface area contributed by atoms with Crippen molar-refractivity contribution in [2.45, 2.75) is 6.92 Å². The second kappa shape index (κ2) is 11.0. The number of thioether (sulfide) groups is 1. The average molecular weight is 555 g/mol. The number of carboxylic acid groups (broad SMARTS) is 1. The summed E-state index contributed by atoms with van der Waals surface area (Å²) in [5.74, 6) is -2.44. The predicted octanol–water partition coefficient (Wildman–Crippen LogP) is 5.07. The monoisotopic (exact) mass is 554 g/mol. The highest BCUT2D eigenvalue weighted by Gasteiger charge is 2.36. The van der Waals surface area contributed by atoms with E-state index in [0.29, 0.717) is 23.1 Å². The van der Waals surface area contributed by atoms with Crippen molar-refractivity contribution in [1.82, 2.24) is 4.90 Å². The van der Waals surface area contributed by atoms with Crippen molar-refractivity contribution < 1.29 is 38.2 Å². The standard InChI is InChI=1S/C26H19ClN2O8S/c1-13-3-4-14(24(32)33)9-17(13)20-8-6-16(37-20)11-21-23(31)29(26(35)38-21)12-22(30)28-15-5-7-19(27)18(10-15)25(34)36-2/h3-11H,12H2,1-2H3,(H,28,30)(H,32,33)/b21-11-. The van der Waals surface area contributed by atoms with Gasteiger partial charge in [-0.3, -0.25) is 19.3 Å². The lowest BCUT2D eigenvalue weighted by molar-refractivity contribution is -0.127. The molecule has 1 aliphatic rings. The largest absolute Gasteiger partial charge is 0.478 e. The molecule has 12 heteroatoms. The Labute approximate surface area is 225 Å². The Morgan fingerprint density at radius 3 is 2.61 bits per heavy atom. The van der Waals surface area contributed by atoms with E-state index in [4.69, 9.17) is 16.0 Å². The van der Waals surface area contributed by atoms with E-state index in [9.17, 15) is 29.1 Å². The van der Waals surface area contributed by atoms with Crippen LogP contribution < -0.4 is 5.32 Å². The van der Waals surface area contributed by atoms with Crippen molar-refractivity contribution in [1.29, 1.82) is 0 Å². The Kier molecular flexibility index (Phi) is 7.70. The zero-order valence-corrected chi connectivity index (χ0v) is 21.5. The number of hydrogen-bond donors (Lipinski definition) is 2. The minimum Gasteiger partial charge on any atom is -0.478 e. The van der Waals surface area contributed by atoms with E-state index in [-0.39, 0.29) is 32.5 Å². The number of aromatic carboxylic acids is 1. The maximum absolute atomic E-state index is 12.8. The van der Waals surface area contributed by atoms with E-state index in [1.54, 1.807) is 25.1 Å². The number of amides is 3. The highest BCUT2D eigenvalue weighted by molar-refractivity contribution is 8.18. The van der Waals surface area contributed by atoms with Crippen LogP contribution in [0.4, 0.5) is 10.5 Å². The number of carbonyl (C=O) groups is 5. The smallest absolute Gasteiger partial charge is 0.339 e. The van der Waals surface area contributed by atoms with Crippen LogP contribution in [0.15, 0.2) is 57.9 Å². The minimum atomic E-state index is -1.07. The van der Waals surface area contributed by atoms with Gasteiger partial charge >= 0.3 is 11.9 Å². The zero-order valence-electron chi connectivity index (χ0n) is 19.9. The number of halogens is 1. The van der Waals surface area contributed by atoms with Gasteiger partial charge in [-0.1, -0.05) is 17.7 Å². The van der Waals surface area contributed by atoms with Gasteiger partial charge in [0.1, 0.15) is 18.1 Å². The number of esters is 1. The highest BCUT2D eigenvalue weighted by Crippen LogP contribution is 2.34. The van der Waals surface area contributed by atoms with Crippen LogP contribution in [0, 0.1) is 6.92 Å². The lowest BCUT2D eigenvalue weighted by atomic mass is 10.0. The molecule has 1 aromatic heterocycles. The number of nitrogens with one attached hydrogen (secondary N) is 1.